The number of sulfone groups is 1. The number of hydrogen-bond acceptors (Lipinski definition) is 4. The van der Waals surface area contributed by atoms with Gasteiger partial charge in [-0.05, 0) is 55.2 Å². The number of halogens is 1. The van der Waals surface area contributed by atoms with Crippen LogP contribution in [0.3, 0.4) is 0 Å². The molecule has 2 aromatic rings. The van der Waals surface area contributed by atoms with Gasteiger partial charge in [-0.3, -0.25) is 9.59 Å². The maximum Gasteiger partial charge on any atom is 0.255 e. The van der Waals surface area contributed by atoms with Gasteiger partial charge in [-0.15, -0.1) is 0 Å². The summed E-state index contributed by atoms with van der Waals surface area (Å²) in [7, 11) is -3.21. The number of likely N-dealkylation sites (tertiary alicyclic amines) is 1. The lowest BCUT2D eigenvalue weighted by molar-refractivity contribution is 0.0725. The van der Waals surface area contributed by atoms with Crippen molar-refractivity contribution < 1.29 is 18.0 Å². The maximum atomic E-state index is 12.9. The van der Waals surface area contributed by atoms with Crippen molar-refractivity contribution in [3.8, 4) is 0 Å². The Morgan fingerprint density at radius 2 is 1.79 bits per heavy atom. The van der Waals surface area contributed by atoms with Crippen molar-refractivity contribution in [1.82, 2.24) is 4.90 Å². The predicted octanol–water partition coefficient (Wildman–Crippen LogP) is 3.76. The zero-order valence-electron chi connectivity index (χ0n) is 16.2. The van der Waals surface area contributed by atoms with E-state index >= 15 is 0 Å². The molecule has 0 bridgehead atoms. The van der Waals surface area contributed by atoms with E-state index in [1.54, 1.807) is 41.3 Å². The number of rotatable bonds is 5. The minimum absolute atomic E-state index is 0.137. The van der Waals surface area contributed by atoms with Crippen molar-refractivity contribution in [3.63, 3.8) is 0 Å². The molecule has 2 aromatic carbocycles. The minimum atomic E-state index is -3.21. The lowest BCUT2D eigenvalue weighted by atomic mass is 10.1. The summed E-state index contributed by atoms with van der Waals surface area (Å²) in [5.74, 6) is -0.720. The molecule has 1 aliphatic heterocycles. The third-order valence-corrected chi connectivity index (χ3v) is 5.81. The first-order valence-corrected chi connectivity index (χ1v) is 11.8. The van der Waals surface area contributed by atoms with Crippen LogP contribution >= 0.6 is 11.6 Å². The number of amides is 2. The van der Waals surface area contributed by atoms with Gasteiger partial charge in [0.15, 0.2) is 9.84 Å². The number of anilines is 1. The molecule has 0 saturated carbocycles. The molecule has 6 nitrogen and oxygen atoms in total. The molecule has 1 saturated heterocycles. The third kappa shape index (κ3) is 5.81. The van der Waals surface area contributed by atoms with Crippen LogP contribution in [0.1, 0.15) is 45.5 Å². The highest BCUT2D eigenvalue weighted by Crippen LogP contribution is 2.25. The van der Waals surface area contributed by atoms with Gasteiger partial charge >= 0.3 is 0 Å². The number of carbonyl (C=O) groups is 2. The van der Waals surface area contributed by atoms with Gasteiger partial charge in [0.2, 0.25) is 0 Å². The van der Waals surface area contributed by atoms with Gasteiger partial charge in [0.05, 0.1) is 17.0 Å². The SMILES string of the molecule is CS(=O)(=O)Cc1cccc(C(=O)Nc2cc(Cl)ccc2C(=O)N2CCCCC2)c1. The van der Waals surface area contributed by atoms with Crippen LogP contribution in [0.15, 0.2) is 42.5 Å². The Hall–Kier alpha value is -2.38. The normalized spacial score (nSPS) is 14.5. The molecule has 1 fully saturated rings. The second-order valence-electron chi connectivity index (χ2n) is 7.27. The van der Waals surface area contributed by atoms with Crippen molar-refractivity contribution in [3.05, 3.63) is 64.2 Å². The Labute approximate surface area is 175 Å². The molecule has 1 N–H and O–H groups in total. The first-order valence-electron chi connectivity index (χ1n) is 9.40. The zero-order valence-corrected chi connectivity index (χ0v) is 17.7. The zero-order chi connectivity index (χ0) is 21.0. The number of benzene rings is 2. The Kier molecular flexibility index (Phi) is 6.59. The van der Waals surface area contributed by atoms with Crippen LogP contribution < -0.4 is 5.32 Å². The number of nitrogens with one attached hydrogen (secondary N) is 1. The van der Waals surface area contributed by atoms with Crippen LogP contribution in [-0.2, 0) is 15.6 Å². The van der Waals surface area contributed by atoms with Crippen LogP contribution in [0.25, 0.3) is 0 Å². The summed E-state index contributed by atoms with van der Waals surface area (Å²) in [5.41, 5.74) is 1.56. The molecule has 0 spiro atoms. The monoisotopic (exact) mass is 434 g/mol. The molecular weight excluding hydrogens is 412 g/mol. The summed E-state index contributed by atoms with van der Waals surface area (Å²) < 4.78 is 23.0. The molecular formula is C21H23ClN2O4S. The predicted molar refractivity (Wildman–Crippen MR) is 114 cm³/mol. The molecule has 8 heteroatoms. The molecule has 1 aliphatic rings. The Balaban J connectivity index is 1.84. The number of hydrogen-bond donors (Lipinski definition) is 1. The summed E-state index contributed by atoms with van der Waals surface area (Å²) in [4.78, 5) is 27.5. The molecule has 3 rings (SSSR count). The Morgan fingerprint density at radius 1 is 1.07 bits per heavy atom. The molecule has 29 heavy (non-hydrogen) atoms. The molecule has 0 aliphatic carbocycles. The van der Waals surface area contributed by atoms with E-state index in [9.17, 15) is 18.0 Å². The molecule has 0 radical (unpaired) electrons. The van der Waals surface area contributed by atoms with Gasteiger partial charge in [-0.25, -0.2) is 8.42 Å². The quantitative estimate of drug-likeness (QED) is 0.776. The van der Waals surface area contributed by atoms with E-state index < -0.39 is 15.7 Å². The fourth-order valence-electron chi connectivity index (χ4n) is 3.37. The second-order valence-corrected chi connectivity index (χ2v) is 9.84. The highest BCUT2D eigenvalue weighted by atomic mass is 35.5. The van der Waals surface area contributed by atoms with Crippen molar-refractivity contribution in [2.24, 2.45) is 0 Å². The van der Waals surface area contributed by atoms with E-state index in [4.69, 9.17) is 11.6 Å². The summed E-state index contributed by atoms with van der Waals surface area (Å²) in [6.07, 6.45) is 4.18. The average Bonchev–Trinajstić information content (AvgIpc) is 2.67. The summed E-state index contributed by atoms with van der Waals surface area (Å²) in [6, 6.07) is 11.2. The minimum Gasteiger partial charge on any atom is -0.339 e. The van der Waals surface area contributed by atoms with Crippen LogP contribution in [0.4, 0.5) is 5.69 Å². The lowest BCUT2D eigenvalue weighted by Crippen LogP contribution is -2.36. The standard InChI is InChI=1S/C21H23ClN2O4S/c1-29(27,28)14-15-6-5-7-16(12-15)20(25)23-19-13-17(22)8-9-18(19)21(26)24-10-3-2-4-11-24/h5-9,12-13H,2-4,10-11,14H2,1H3,(H,23,25). The van der Waals surface area contributed by atoms with Crippen molar-refractivity contribution >= 4 is 38.9 Å². The fourth-order valence-corrected chi connectivity index (χ4v) is 4.33. The highest BCUT2D eigenvalue weighted by Gasteiger charge is 2.22. The molecule has 1 heterocycles. The number of piperidine rings is 1. The molecule has 2 amide bonds. The van der Waals surface area contributed by atoms with Crippen LogP contribution in [0.2, 0.25) is 5.02 Å². The van der Waals surface area contributed by atoms with Crippen molar-refractivity contribution in [1.29, 1.82) is 0 Å². The highest BCUT2D eigenvalue weighted by molar-refractivity contribution is 7.89. The van der Waals surface area contributed by atoms with E-state index in [1.807, 2.05) is 0 Å². The summed E-state index contributed by atoms with van der Waals surface area (Å²) in [5, 5.41) is 3.16. The topological polar surface area (TPSA) is 83.5 Å². The van der Waals surface area contributed by atoms with Crippen LogP contribution in [0.5, 0.6) is 0 Å². The van der Waals surface area contributed by atoms with Crippen LogP contribution in [0, 0.1) is 0 Å². The first-order chi connectivity index (χ1) is 13.7. The molecule has 0 unspecified atom stereocenters. The van der Waals surface area contributed by atoms with E-state index in [0.29, 0.717) is 40.5 Å². The average molecular weight is 435 g/mol. The lowest BCUT2D eigenvalue weighted by Gasteiger charge is -2.27. The fraction of sp³-hybridized carbons (Fsp3) is 0.333. The maximum absolute atomic E-state index is 12.9. The second kappa shape index (κ2) is 8.97. The first kappa shape index (κ1) is 21.3. The van der Waals surface area contributed by atoms with Gasteiger partial charge in [0.1, 0.15) is 0 Å². The van der Waals surface area contributed by atoms with Gasteiger partial charge in [-0.1, -0.05) is 23.7 Å². The molecule has 0 atom stereocenters. The number of nitrogens with zero attached hydrogens (tertiary/aromatic N) is 1. The third-order valence-electron chi connectivity index (χ3n) is 4.72. The largest absolute Gasteiger partial charge is 0.339 e. The summed E-state index contributed by atoms with van der Waals surface area (Å²) >= 11 is 6.09. The Bertz CT molecular complexity index is 1030. The summed E-state index contributed by atoms with van der Waals surface area (Å²) in [6.45, 7) is 1.39. The van der Waals surface area contributed by atoms with Crippen molar-refractivity contribution in [2.75, 3.05) is 24.7 Å². The Morgan fingerprint density at radius 3 is 2.48 bits per heavy atom. The smallest absolute Gasteiger partial charge is 0.255 e. The van der Waals surface area contributed by atoms with Crippen molar-refractivity contribution in [2.45, 2.75) is 25.0 Å². The van der Waals surface area contributed by atoms with E-state index in [2.05, 4.69) is 5.32 Å². The van der Waals surface area contributed by atoms with E-state index in [1.165, 1.54) is 6.07 Å². The van der Waals surface area contributed by atoms with Gasteiger partial charge in [0, 0.05) is 29.9 Å². The van der Waals surface area contributed by atoms with Crippen LogP contribution in [-0.4, -0.2) is 44.5 Å². The van der Waals surface area contributed by atoms with Gasteiger partial charge < -0.3 is 10.2 Å². The van der Waals surface area contributed by atoms with E-state index in [0.717, 1.165) is 25.5 Å². The van der Waals surface area contributed by atoms with Gasteiger partial charge in [0.25, 0.3) is 11.8 Å². The molecule has 154 valence electrons. The number of carbonyl (C=O) groups excluding carboxylic acids is 2. The molecule has 0 aromatic heterocycles. The van der Waals surface area contributed by atoms with E-state index in [-0.39, 0.29) is 11.7 Å². The van der Waals surface area contributed by atoms with Gasteiger partial charge in [-0.2, -0.15) is 0 Å².